The summed E-state index contributed by atoms with van der Waals surface area (Å²) in [5.41, 5.74) is 0. The molecule has 0 radical (unpaired) electrons. The third kappa shape index (κ3) is 5.41. The summed E-state index contributed by atoms with van der Waals surface area (Å²) in [7, 11) is 2.07. The van der Waals surface area contributed by atoms with Crippen LogP contribution in [0.4, 0.5) is 0 Å². The van der Waals surface area contributed by atoms with Gasteiger partial charge >= 0.3 is 76.2 Å². The van der Waals surface area contributed by atoms with Crippen LogP contribution in [0.25, 0.3) is 0 Å². The van der Waals surface area contributed by atoms with Crippen LogP contribution in [0.3, 0.4) is 0 Å². The Hall–Kier alpha value is 0.960. The fourth-order valence-electron chi connectivity index (χ4n) is 1.13. The standard InChI is InChI=1S/C7H16N.Na/c1-4-6-7(5-2)8-3;/h7-8H,2,4-6H2,1,3H3;. The number of hydrogen-bond donors (Lipinski definition) is 1. The first-order valence-electron chi connectivity index (χ1n) is 4.02. The Morgan fingerprint density at radius 1 is 1.44 bits per heavy atom. The molecule has 0 aromatic heterocycles. The molecule has 0 aliphatic rings. The second-order valence-electron chi connectivity index (χ2n) is 2.56. The molecule has 1 N–H and O–H groups in total. The van der Waals surface area contributed by atoms with Crippen molar-refractivity contribution in [3.8, 4) is 0 Å². The molecule has 0 aromatic rings. The molecule has 0 aromatic carbocycles. The molecule has 0 aliphatic heterocycles. The molecular formula is C7H16NNa. The summed E-state index contributed by atoms with van der Waals surface area (Å²) in [5, 5.41) is 3.33. The zero-order valence-corrected chi connectivity index (χ0v) is 8.91. The Bertz CT molecular complexity index is 50.9. The van der Waals surface area contributed by atoms with Crippen molar-refractivity contribution in [2.45, 2.75) is 35.9 Å². The van der Waals surface area contributed by atoms with Gasteiger partial charge in [0.1, 0.15) is 0 Å². The van der Waals surface area contributed by atoms with Crippen molar-refractivity contribution in [1.82, 2.24) is 5.32 Å². The Morgan fingerprint density at radius 2 is 2.11 bits per heavy atom. The summed E-state index contributed by atoms with van der Waals surface area (Å²) in [6, 6.07) is 0.799. The van der Waals surface area contributed by atoms with Crippen molar-refractivity contribution in [3.05, 3.63) is 0 Å². The topological polar surface area (TPSA) is 12.0 Å². The van der Waals surface area contributed by atoms with Gasteiger partial charge in [-0.25, -0.2) is 0 Å². The van der Waals surface area contributed by atoms with Gasteiger partial charge in [-0.15, -0.1) is 0 Å². The quantitative estimate of drug-likeness (QED) is 0.564. The van der Waals surface area contributed by atoms with E-state index in [1.165, 1.54) is 50.9 Å². The third-order valence-corrected chi connectivity index (χ3v) is 2.26. The zero-order valence-electron chi connectivity index (χ0n) is 6.91. The Balaban J connectivity index is 3.18. The second kappa shape index (κ2) is 7.07. The summed E-state index contributed by atoms with van der Waals surface area (Å²) < 4.78 is 1.44. The van der Waals surface area contributed by atoms with Crippen molar-refractivity contribution in [2.24, 2.45) is 0 Å². The van der Waals surface area contributed by atoms with E-state index in [1.54, 1.807) is 0 Å². The molecule has 0 saturated heterocycles. The van der Waals surface area contributed by atoms with Gasteiger partial charge in [0, 0.05) is 0 Å². The SMILES string of the molecule is CCCC(C[CH2][Na])NC. The van der Waals surface area contributed by atoms with E-state index in [9.17, 15) is 0 Å². The molecule has 0 fully saturated rings. The predicted molar refractivity (Wildman–Crippen MR) is 42.9 cm³/mol. The summed E-state index contributed by atoms with van der Waals surface area (Å²) >= 11 is 1.36. The minimum absolute atomic E-state index is 0.799. The molecule has 9 heavy (non-hydrogen) atoms. The third-order valence-electron chi connectivity index (χ3n) is 1.68. The maximum absolute atomic E-state index is 3.33. The van der Waals surface area contributed by atoms with Crippen LogP contribution in [0.5, 0.6) is 0 Å². The predicted octanol–water partition coefficient (Wildman–Crippen LogP) is 1.35. The molecule has 1 nitrogen and oxygen atoms in total. The van der Waals surface area contributed by atoms with Crippen LogP contribution >= 0.6 is 0 Å². The van der Waals surface area contributed by atoms with Gasteiger partial charge < -0.3 is 0 Å². The van der Waals surface area contributed by atoms with E-state index in [-0.39, 0.29) is 0 Å². The van der Waals surface area contributed by atoms with E-state index in [2.05, 4.69) is 19.3 Å². The Morgan fingerprint density at radius 3 is 2.44 bits per heavy atom. The van der Waals surface area contributed by atoms with E-state index in [4.69, 9.17) is 0 Å². The van der Waals surface area contributed by atoms with Gasteiger partial charge in [-0.05, 0) is 0 Å². The van der Waals surface area contributed by atoms with Crippen LogP contribution in [0, 0.1) is 0 Å². The molecule has 0 aliphatic carbocycles. The van der Waals surface area contributed by atoms with E-state index in [0.717, 1.165) is 6.04 Å². The van der Waals surface area contributed by atoms with Gasteiger partial charge in [0.25, 0.3) is 0 Å². The number of rotatable bonds is 5. The van der Waals surface area contributed by atoms with Gasteiger partial charge in [0.15, 0.2) is 0 Å². The van der Waals surface area contributed by atoms with Crippen LogP contribution < -0.4 is 5.32 Å². The monoisotopic (exact) mass is 137 g/mol. The summed E-state index contributed by atoms with van der Waals surface area (Å²) in [6.45, 7) is 2.25. The van der Waals surface area contributed by atoms with Crippen molar-refractivity contribution in [3.63, 3.8) is 0 Å². The summed E-state index contributed by atoms with van der Waals surface area (Å²) in [4.78, 5) is 0. The van der Waals surface area contributed by atoms with Crippen molar-refractivity contribution >= 4 is 27.9 Å². The molecule has 0 saturated carbocycles. The van der Waals surface area contributed by atoms with Crippen molar-refractivity contribution in [2.75, 3.05) is 7.05 Å². The molecule has 0 bridgehead atoms. The molecule has 50 valence electrons. The Labute approximate surface area is 76.0 Å². The molecule has 0 amide bonds. The first kappa shape index (κ1) is 9.96. The normalized spacial score (nSPS) is 13.8. The zero-order chi connectivity index (χ0) is 7.11. The van der Waals surface area contributed by atoms with Gasteiger partial charge in [0.2, 0.25) is 0 Å². The first-order valence-corrected chi connectivity index (χ1v) is 5.43. The fraction of sp³-hybridized carbons (Fsp3) is 1.00. The van der Waals surface area contributed by atoms with Crippen LogP contribution in [0.2, 0.25) is 3.67 Å². The fourth-order valence-corrected chi connectivity index (χ4v) is 1.83. The molecule has 0 spiro atoms. The number of hydrogen-bond acceptors (Lipinski definition) is 1. The molecule has 0 rings (SSSR count). The van der Waals surface area contributed by atoms with E-state index >= 15 is 0 Å². The maximum atomic E-state index is 3.33. The molecule has 1 unspecified atom stereocenters. The molecular weight excluding hydrogens is 121 g/mol. The second-order valence-corrected chi connectivity index (χ2v) is 3.56. The molecule has 2 heteroatoms. The van der Waals surface area contributed by atoms with E-state index in [0.29, 0.717) is 0 Å². The summed E-state index contributed by atoms with van der Waals surface area (Å²) in [5.74, 6) is 0. The summed E-state index contributed by atoms with van der Waals surface area (Å²) in [6.07, 6.45) is 4.04. The van der Waals surface area contributed by atoms with Gasteiger partial charge in [0.05, 0.1) is 0 Å². The van der Waals surface area contributed by atoms with Gasteiger partial charge in [-0.1, -0.05) is 0 Å². The average Bonchev–Trinajstić information content (AvgIpc) is 1.88. The van der Waals surface area contributed by atoms with Crippen molar-refractivity contribution < 1.29 is 0 Å². The van der Waals surface area contributed by atoms with E-state index in [1.807, 2.05) is 0 Å². The minimum atomic E-state index is 0.799. The number of nitrogens with one attached hydrogen (secondary N) is 1. The first-order chi connectivity index (χ1) is 4.35. The average molecular weight is 137 g/mol. The Kier molecular flexibility index (Phi) is 7.83. The van der Waals surface area contributed by atoms with E-state index < -0.39 is 0 Å². The molecule has 0 heterocycles. The van der Waals surface area contributed by atoms with Gasteiger partial charge in [-0.2, -0.15) is 0 Å². The molecule has 1 atom stereocenters. The van der Waals surface area contributed by atoms with Crippen LogP contribution in [-0.2, 0) is 0 Å². The van der Waals surface area contributed by atoms with Crippen LogP contribution in [0.15, 0.2) is 0 Å². The van der Waals surface area contributed by atoms with Crippen LogP contribution in [0.1, 0.15) is 26.2 Å². The van der Waals surface area contributed by atoms with Crippen molar-refractivity contribution in [1.29, 1.82) is 0 Å². The van der Waals surface area contributed by atoms with Gasteiger partial charge in [-0.3, -0.25) is 0 Å². The van der Waals surface area contributed by atoms with Crippen LogP contribution in [-0.4, -0.2) is 41.0 Å².